The van der Waals surface area contributed by atoms with Crippen LogP contribution in [0.25, 0.3) is 0 Å². The fraction of sp³-hybridized carbons (Fsp3) is 0.0714. The summed E-state index contributed by atoms with van der Waals surface area (Å²) in [5.74, 6) is -0.808. The molecule has 0 saturated carbocycles. The Balaban J connectivity index is 1.89. The summed E-state index contributed by atoms with van der Waals surface area (Å²) in [6.07, 6.45) is 1.35. The fourth-order valence-electron chi connectivity index (χ4n) is 2.07. The largest absolute Gasteiger partial charge is 0.321 e. The highest BCUT2D eigenvalue weighted by molar-refractivity contribution is 6.30. The van der Waals surface area contributed by atoms with Crippen molar-refractivity contribution in [3.63, 3.8) is 0 Å². The van der Waals surface area contributed by atoms with Crippen LogP contribution in [-0.2, 0) is 4.79 Å². The third-order valence-corrected chi connectivity index (χ3v) is 3.29. The number of nitrogens with one attached hydrogen (secondary N) is 1. The lowest BCUT2D eigenvalue weighted by Crippen LogP contribution is -2.31. The number of amides is 1. The van der Waals surface area contributed by atoms with Crippen LogP contribution in [0, 0.1) is 5.82 Å². The first-order valence-corrected chi connectivity index (χ1v) is 6.46. The van der Waals surface area contributed by atoms with Crippen molar-refractivity contribution in [2.75, 3.05) is 5.32 Å². The molecule has 0 spiro atoms. The van der Waals surface area contributed by atoms with E-state index in [4.69, 9.17) is 11.6 Å². The van der Waals surface area contributed by atoms with E-state index in [-0.39, 0.29) is 16.3 Å². The van der Waals surface area contributed by atoms with Gasteiger partial charge < -0.3 is 5.32 Å². The van der Waals surface area contributed by atoms with Crippen molar-refractivity contribution in [3.05, 3.63) is 57.6 Å². The van der Waals surface area contributed by atoms with Gasteiger partial charge in [-0.1, -0.05) is 17.7 Å². The molecule has 1 unspecified atom stereocenters. The molecule has 0 aliphatic carbocycles. The zero-order valence-corrected chi connectivity index (χ0v) is 11.3. The van der Waals surface area contributed by atoms with Gasteiger partial charge in [0.2, 0.25) is 0 Å². The summed E-state index contributed by atoms with van der Waals surface area (Å²) in [7, 11) is 0. The molecule has 1 aromatic carbocycles. The number of hydrogen-bond donors (Lipinski definition) is 1. The van der Waals surface area contributed by atoms with Gasteiger partial charge in [-0.05, 0) is 24.3 Å². The molecule has 1 atom stereocenters. The summed E-state index contributed by atoms with van der Waals surface area (Å²) < 4.78 is 14.9. The lowest BCUT2D eigenvalue weighted by atomic mass is 10.2. The number of pyridine rings is 1. The number of aromatic nitrogens is 1. The molecule has 3 rings (SSSR count). The van der Waals surface area contributed by atoms with Gasteiger partial charge in [0, 0.05) is 17.3 Å². The molecule has 1 aromatic heterocycles. The first-order valence-electron chi connectivity index (χ1n) is 6.08. The summed E-state index contributed by atoms with van der Waals surface area (Å²) in [6.45, 7) is 0. The zero-order valence-electron chi connectivity index (χ0n) is 10.6. The normalized spacial score (nSPS) is 15.8. The van der Waals surface area contributed by atoms with Crippen LogP contribution in [0.2, 0.25) is 5.02 Å². The van der Waals surface area contributed by atoms with Crippen molar-refractivity contribution in [1.82, 2.24) is 4.57 Å². The quantitative estimate of drug-likeness (QED) is 0.926. The molecule has 1 aliphatic rings. The highest BCUT2D eigenvalue weighted by atomic mass is 35.5. The third-order valence-electron chi connectivity index (χ3n) is 3.05. The second-order valence-corrected chi connectivity index (χ2v) is 4.87. The Hall–Kier alpha value is -2.47. The van der Waals surface area contributed by atoms with Gasteiger partial charge in [0.05, 0.1) is 5.69 Å². The average Bonchev–Trinajstić information content (AvgIpc) is 2.87. The van der Waals surface area contributed by atoms with Gasteiger partial charge in [0.15, 0.2) is 6.04 Å². The summed E-state index contributed by atoms with van der Waals surface area (Å²) in [4.78, 5) is 28.0. The minimum Gasteiger partial charge on any atom is -0.321 e. The van der Waals surface area contributed by atoms with Gasteiger partial charge in [0.1, 0.15) is 11.6 Å². The molecule has 0 radical (unpaired) electrons. The molecule has 1 amide bonds. The van der Waals surface area contributed by atoms with Crippen molar-refractivity contribution in [1.29, 1.82) is 0 Å². The molecular weight excluding hydrogens is 297 g/mol. The Kier molecular flexibility index (Phi) is 3.31. The Morgan fingerprint density at radius 3 is 2.90 bits per heavy atom. The number of hydrogen-bond acceptors (Lipinski definition) is 3. The minimum atomic E-state index is -0.899. The first kappa shape index (κ1) is 13.5. The van der Waals surface area contributed by atoms with Crippen LogP contribution >= 0.6 is 11.6 Å². The summed E-state index contributed by atoms with van der Waals surface area (Å²) in [6, 6.07) is 7.53. The monoisotopic (exact) mass is 305 g/mol. The van der Waals surface area contributed by atoms with Crippen molar-refractivity contribution < 1.29 is 9.18 Å². The number of anilines is 1. The molecular formula is C14H9ClFN3O2. The predicted molar refractivity (Wildman–Crippen MR) is 77.9 cm³/mol. The van der Waals surface area contributed by atoms with E-state index in [0.717, 1.165) is 6.07 Å². The maximum absolute atomic E-state index is 13.7. The van der Waals surface area contributed by atoms with Crippen LogP contribution in [0.5, 0.6) is 0 Å². The molecule has 0 bridgehead atoms. The van der Waals surface area contributed by atoms with Crippen molar-refractivity contribution >= 4 is 35.2 Å². The minimum absolute atomic E-state index is 0.00442. The van der Waals surface area contributed by atoms with E-state index in [1.807, 2.05) is 0 Å². The molecule has 2 aromatic rings. The third kappa shape index (κ3) is 2.45. The standard InChI is InChI=1S/C14H9ClFN3O2/c15-8-4-5-10(9(16)6-8)18-14(21)11-7-17-12-2-1-3-13(20)19(11)12/h1-7,11H,(H,18,21). The van der Waals surface area contributed by atoms with Gasteiger partial charge >= 0.3 is 0 Å². The van der Waals surface area contributed by atoms with Crippen molar-refractivity contribution in [3.8, 4) is 0 Å². The Bertz CT molecular complexity index is 816. The summed E-state index contributed by atoms with van der Waals surface area (Å²) >= 11 is 5.65. The van der Waals surface area contributed by atoms with E-state index in [1.165, 1.54) is 29.0 Å². The van der Waals surface area contributed by atoms with Crippen LogP contribution in [-0.4, -0.2) is 16.7 Å². The molecule has 2 heterocycles. The number of fused-ring (bicyclic) bond motifs is 1. The smallest absolute Gasteiger partial charge is 0.253 e. The maximum atomic E-state index is 13.7. The lowest BCUT2D eigenvalue weighted by molar-refractivity contribution is -0.117. The number of carbonyl (C=O) groups excluding carboxylic acids is 1. The molecule has 7 heteroatoms. The lowest BCUT2D eigenvalue weighted by Gasteiger charge is -2.13. The number of carbonyl (C=O) groups is 1. The topological polar surface area (TPSA) is 63.5 Å². The Morgan fingerprint density at radius 1 is 1.33 bits per heavy atom. The van der Waals surface area contributed by atoms with Gasteiger partial charge in [-0.15, -0.1) is 0 Å². The first-order chi connectivity index (χ1) is 10.1. The zero-order chi connectivity index (χ0) is 15.0. The number of aliphatic imine (C=N–C) groups is 1. The van der Waals surface area contributed by atoms with Crippen molar-refractivity contribution in [2.45, 2.75) is 6.04 Å². The van der Waals surface area contributed by atoms with E-state index in [0.29, 0.717) is 5.82 Å². The second-order valence-electron chi connectivity index (χ2n) is 4.43. The second kappa shape index (κ2) is 5.14. The molecule has 1 aliphatic heterocycles. The molecule has 0 saturated heterocycles. The van der Waals surface area contributed by atoms with Gasteiger partial charge in [-0.2, -0.15) is 0 Å². The number of halogens is 2. The SMILES string of the molecule is O=C(Nc1ccc(Cl)cc1F)C1C=Nc2cccc(=O)n21. The molecule has 106 valence electrons. The van der Waals surface area contributed by atoms with E-state index in [9.17, 15) is 14.0 Å². The van der Waals surface area contributed by atoms with Crippen LogP contribution < -0.4 is 10.9 Å². The average molecular weight is 306 g/mol. The molecule has 0 fully saturated rings. The van der Waals surface area contributed by atoms with E-state index < -0.39 is 17.8 Å². The highest BCUT2D eigenvalue weighted by Gasteiger charge is 2.26. The van der Waals surface area contributed by atoms with E-state index in [2.05, 4.69) is 10.3 Å². The number of rotatable bonds is 2. The van der Waals surface area contributed by atoms with Crippen LogP contribution in [0.3, 0.4) is 0 Å². The highest BCUT2D eigenvalue weighted by Crippen LogP contribution is 2.24. The van der Waals surface area contributed by atoms with E-state index >= 15 is 0 Å². The fourth-order valence-corrected chi connectivity index (χ4v) is 2.23. The van der Waals surface area contributed by atoms with Gasteiger partial charge in [0.25, 0.3) is 11.5 Å². The summed E-state index contributed by atoms with van der Waals surface area (Å²) in [5, 5.41) is 2.65. The molecule has 21 heavy (non-hydrogen) atoms. The van der Waals surface area contributed by atoms with E-state index in [1.54, 1.807) is 12.1 Å². The molecule has 1 N–H and O–H groups in total. The van der Waals surface area contributed by atoms with Gasteiger partial charge in [-0.25, -0.2) is 9.38 Å². The van der Waals surface area contributed by atoms with Crippen LogP contribution in [0.1, 0.15) is 6.04 Å². The van der Waals surface area contributed by atoms with Gasteiger partial charge in [-0.3, -0.25) is 14.2 Å². The Morgan fingerprint density at radius 2 is 2.14 bits per heavy atom. The predicted octanol–water partition coefficient (Wildman–Crippen LogP) is 2.54. The number of nitrogens with zero attached hydrogens (tertiary/aromatic N) is 2. The van der Waals surface area contributed by atoms with Crippen LogP contribution in [0.15, 0.2) is 46.2 Å². The van der Waals surface area contributed by atoms with Crippen LogP contribution in [0.4, 0.5) is 15.9 Å². The maximum Gasteiger partial charge on any atom is 0.253 e. The molecule has 5 nitrogen and oxygen atoms in total. The summed E-state index contributed by atoms with van der Waals surface area (Å²) in [5.41, 5.74) is -0.350. The van der Waals surface area contributed by atoms with Crippen molar-refractivity contribution in [2.24, 2.45) is 4.99 Å². The Labute approximate surface area is 123 Å². The number of benzene rings is 1.